The Morgan fingerprint density at radius 2 is 2.06 bits per heavy atom. The smallest absolute Gasteiger partial charge is 0.241 e. The molecule has 1 aromatic carbocycles. The van der Waals surface area contributed by atoms with E-state index in [1.807, 2.05) is 25.1 Å². The number of nitrogens with two attached hydrogens (primary N) is 1. The van der Waals surface area contributed by atoms with Crippen molar-refractivity contribution < 1.29 is 0 Å². The monoisotopic (exact) mass is 227 g/mol. The maximum absolute atomic E-state index is 5.64. The third-order valence-electron chi connectivity index (χ3n) is 2.77. The highest BCUT2D eigenvalue weighted by atomic mass is 15.4. The van der Waals surface area contributed by atoms with E-state index in [1.54, 1.807) is 4.68 Å². The molecule has 5 nitrogen and oxygen atoms in total. The van der Waals surface area contributed by atoms with Crippen molar-refractivity contribution in [3.63, 3.8) is 0 Å². The average Bonchev–Trinajstić information content (AvgIpc) is 2.69. The number of nitrogen functional groups attached to an aromatic ring is 1. The molecule has 0 spiro atoms. The zero-order chi connectivity index (χ0) is 11.8. The molecule has 17 heavy (non-hydrogen) atoms. The minimum atomic E-state index is 0.0530. The summed E-state index contributed by atoms with van der Waals surface area (Å²) >= 11 is 0. The second-order valence-electron chi connectivity index (χ2n) is 4.07. The van der Waals surface area contributed by atoms with Crippen molar-refractivity contribution in [2.45, 2.75) is 13.0 Å². The summed E-state index contributed by atoms with van der Waals surface area (Å²) < 4.78 is 1.80. The van der Waals surface area contributed by atoms with E-state index in [0.717, 1.165) is 5.70 Å². The van der Waals surface area contributed by atoms with Gasteiger partial charge >= 0.3 is 0 Å². The van der Waals surface area contributed by atoms with Gasteiger partial charge in [0.2, 0.25) is 11.9 Å². The van der Waals surface area contributed by atoms with Gasteiger partial charge in [0.25, 0.3) is 0 Å². The van der Waals surface area contributed by atoms with E-state index in [0.29, 0.717) is 5.95 Å². The van der Waals surface area contributed by atoms with Crippen LogP contribution in [0.25, 0.3) is 0 Å². The van der Waals surface area contributed by atoms with E-state index >= 15 is 0 Å². The third-order valence-corrected chi connectivity index (χ3v) is 2.77. The van der Waals surface area contributed by atoms with Crippen molar-refractivity contribution in [3.8, 4) is 0 Å². The van der Waals surface area contributed by atoms with Crippen LogP contribution in [-0.4, -0.2) is 14.8 Å². The van der Waals surface area contributed by atoms with Gasteiger partial charge in [-0.05, 0) is 18.6 Å². The first kappa shape index (κ1) is 9.89. The number of hydrogen-bond acceptors (Lipinski definition) is 4. The van der Waals surface area contributed by atoms with Crippen LogP contribution in [0.3, 0.4) is 0 Å². The Hall–Kier alpha value is -2.30. The number of allylic oxidation sites excluding steroid dienone is 2. The lowest BCUT2D eigenvalue weighted by Crippen LogP contribution is -2.19. The number of hydrogen-bond donors (Lipinski definition) is 2. The second-order valence-corrected chi connectivity index (χ2v) is 4.07. The van der Waals surface area contributed by atoms with Crippen LogP contribution in [0.2, 0.25) is 0 Å². The molecule has 0 amide bonds. The highest BCUT2D eigenvalue weighted by Crippen LogP contribution is 2.28. The van der Waals surface area contributed by atoms with Crippen LogP contribution < -0.4 is 11.1 Å². The molecule has 1 aliphatic heterocycles. The Kier molecular flexibility index (Phi) is 2.11. The molecule has 0 saturated carbocycles. The van der Waals surface area contributed by atoms with Crippen molar-refractivity contribution in [1.29, 1.82) is 0 Å². The van der Waals surface area contributed by atoms with Crippen LogP contribution in [-0.2, 0) is 0 Å². The maximum Gasteiger partial charge on any atom is 0.241 e. The standard InChI is InChI=1S/C12H13N5/c1-8-7-10(9-5-3-2-4-6-9)17-12(14-8)15-11(13)16-17/h2-7,10H,1H3,(H3,13,14,15,16)/t10-/m0/s1. The highest BCUT2D eigenvalue weighted by molar-refractivity contribution is 5.45. The Balaban J connectivity index is 2.12. The van der Waals surface area contributed by atoms with Crippen molar-refractivity contribution in [2.75, 3.05) is 11.1 Å². The van der Waals surface area contributed by atoms with Crippen LogP contribution in [0.1, 0.15) is 18.5 Å². The fraction of sp³-hybridized carbons (Fsp3) is 0.167. The van der Waals surface area contributed by atoms with Crippen molar-refractivity contribution in [3.05, 3.63) is 47.7 Å². The van der Waals surface area contributed by atoms with E-state index in [1.165, 1.54) is 5.56 Å². The minimum Gasteiger partial charge on any atom is -0.366 e. The van der Waals surface area contributed by atoms with Crippen LogP contribution in [0.5, 0.6) is 0 Å². The summed E-state index contributed by atoms with van der Waals surface area (Å²) in [6.07, 6.45) is 2.11. The predicted molar refractivity (Wildman–Crippen MR) is 66.4 cm³/mol. The fourth-order valence-electron chi connectivity index (χ4n) is 2.03. The summed E-state index contributed by atoms with van der Waals surface area (Å²) in [5, 5.41) is 7.37. The molecule has 0 radical (unpaired) electrons. The summed E-state index contributed by atoms with van der Waals surface area (Å²) in [6, 6.07) is 10.2. The number of nitrogens with one attached hydrogen (secondary N) is 1. The lowest BCUT2D eigenvalue weighted by Gasteiger charge is -2.22. The zero-order valence-corrected chi connectivity index (χ0v) is 9.46. The molecule has 2 heterocycles. The molecule has 0 fully saturated rings. The SMILES string of the molecule is CC1=C[C@@H](c2ccccc2)n2nc(N)nc2N1. The molecule has 86 valence electrons. The molecule has 3 rings (SSSR count). The van der Waals surface area contributed by atoms with Gasteiger partial charge < -0.3 is 11.1 Å². The van der Waals surface area contributed by atoms with Gasteiger partial charge in [0.1, 0.15) is 6.04 Å². The van der Waals surface area contributed by atoms with Crippen LogP contribution in [0.4, 0.5) is 11.9 Å². The van der Waals surface area contributed by atoms with Crippen molar-refractivity contribution >= 4 is 11.9 Å². The molecule has 1 atom stereocenters. The van der Waals surface area contributed by atoms with Crippen LogP contribution in [0, 0.1) is 0 Å². The van der Waals surface area contributed by atoms with Gasteiger partial charge in [-0.25, -0.2) is 4.68 Å². The van der Waals surface area contributed by atoms with Gasteiger partial charge in [0.15, 0.2) is 0 Å². The number of benzene rings is 1. The molecule has 3 N–H and O–H groups in total. The summed E-state index contributed by atoms with van der Waals surface area (Å²) in [4.78, 5) is 4.16. The summed E-state index contributed by atoms with van der Waals surface area (Å²) in [5.74, 6) is 0.980. The lowest BCUT2D eigenvalue weighted by atomic mass is 10.1. The van der Waals surface area contributed by atoms with Gasteiger partial charge in [-0.15, -0.1) is 5.10 Å². The van der Waals surface area contributed by atoms with E-state index in [-0.39, 0.29) is 12.0 Å². The number of anilines is 2. The first-order valence-electron chi connectivity index (χ1n) is 5.46. The Bertz CT molecular complexity index is 570. The van der Waals surface area contributed by atoms with Gasteiger partial charge in [-0.1, -0.05) is 30.3 Å². The number of fused-ring (bicyclic) bond motifs is 1. The largest absolute Gasteiger partial charge is 0.366 e. The molecule has 0 aliphatic carbocycles. The summed E-state index contributed by atoms with van der Waals surface area (Å²) in [5.41, 5.74) is 7.86. The van der Waals surface area contributed by atoms with E-state index in [2.05, 4.69) is 33.6 Å². The van der Waals surface area contributed by atoms with E-state index < -0.39 is 0 Å². The number of nitrogens with zero attached hydrogens (tertiary/aromatic N) is 3. The van der Waals surface area contributed by atoms with Gasteiger partial charge in [0.05, 0.1) is 0 Å². The Morgan fingerprint density at radius 3 is 2.82 bits per heavy atom. The molecule has 0 bridgehead atoms. The molecule has 1 aliphatic rings. The van der Waals surface area contributed by atoms with Crippen molar-refractivity contribution in [2.24, 2.45) is 0 Å². The van der Waals surface area contributed by atoms with Crippen LogP contribution in [0.15, 0.2) is 42.1 Å². The maximum atomic E-state index is 5.64. The molecule has 0 unspecified atom stereocenters. The predicted octanol–water partition coefficient (Wildman–Crippen LogP) is 1.78. The Morgan fingerprint density at radius 1 is 1.29 bits per heavy atom. The minimum absolute atomic E-state index is 0.0530. The van der Waals surface area contributed by atoms with Gasteiger partial charge in [0, 0.05) is 5.70 Å². The zero-order valence-electron chi connectivity index (χ0n) is 9.46. The van der Waals surface area contributed by atoms with Gasteiger partial charge in [-0.2, -0.15) is 4.98 Å². The molecular formula is C12H13N5. The first-order valence-corrected chi connectivity index (χ1v) is 5.46. The van der Waals surface area contributed by atoms with E-state index in [9.17, 15) is 0 Å². The topological polar surface area (TPSA) is 68.8 Å². The molecule has 0 saturated heterocycles. The lowest BCUT2D eigenvalue weighted by molar-refractivity contribution is 0.605. The molecular weight excluding hydrogens is 214 g/mol. The van der Waals surface area contributed by atoms with Gasteiger partial charge in [-0.3, -0.25) is 0 Å². The highest BCUT2D eigenvalue weighted by Gasteiger charge is 2.22. The first-order chi connectivity index (χ1) is 8.24. The number of rotatable bonds is 1. The Labute approximate surface area is 99.0 Å². The fourth-order valence-corrected chi connectivity index (χ4v) is 2.03. The molecule has 1 aromatic heterocycles. The normalized spacial score (nSPS) is 18.2. The quantitative estimate of drug-likeness (QED) is 0.779. The molecule has 2 aromatic rings. The number of aromatic nitrogens is 3. The molecule has 5 heteroatoms. The third kappa shape index (κ3) is 1.65. The van der Waals surface area contributed by atoms with Crippen LogP contribution >= 0.6 is 0 Å². The average molecular weight is 227 g/mol. The second kappa shape index (κ2) is 3.62. The van der Waals surface area contributed by atoms with E-state index in [4.69, 9.17) is 5.73 Å². The summed E-state index contributed by atoms with van der Waals surface area (Å²) in [7, 11) is 0. The summed E-state index contributed by atoms with van der Waals surface area (Å²) in [6.45, 7) is 2.00. The van der Waals surface area contributed by atoms with Crippen molar-refractivity contribution in [1.82, 2.24) is 14.8 Å².